The van der Waals surface area contributed by atoms with Crippen LogP contribution in [0.25, 0.3) is 45.2 Å². The lowest BCUT2D eigenvalue weighted by Crippen LogP contribution is -2.32. The van der Waals surface area contributed by atoms with Gasteiger partial charge in [-0.3, -0.25) is 0 Å². The Hall–Kier alpha value is -9.06. The standard InChI is InChI=1S/C66H44N2O3/c1-65(2)51-28-14-15-29-55(51)68(56-36-34-44(38-54(56)65)67(42-19-5-3-6-20-42)43-21-7-4-8-22-43)57-39-53-47(64-63(57)48-25-11-16-30-58(48)71-64)35-33-41-37-61-62(70-60-32-18-17-31-59(60)69-61)40-52(41)66(53)49-26-12-9-23-45(49)46-24-10-13-27-50(46)66/h3-40H,1-2H3. The molecular weight excluding hydrogens is 869 g/mol. The van der Waals surface area contributed by atoms with E-state index in [1.54, 1.807) is 0 Å². The molecular formula is C66H44N2O3. The molecule has 2 aliphatic heterocycles. The summed E-state index contributed by atoms with van der Waals surface area (Å²) < 4.78 is 20.7. The molecule has 5 heteroatoms. The van der Waals surface area contributed by atoms with Gasteiger partial charge in [0.15, 0.2) is 23.0 Å². The average Bonchev–Trinajstić information content (AvgIpc) is 3.91. The van der Waals surface area contributed by atoms with Crippen molar-refractivity contribution in [2.75, 3.05) is 9.80 Å². The molecule has 5 nitrogen and oxygen atoms in total. The normalized spacial score (nSPS) is 14.7. The quantitative estimate of drug-likeness (QED) is 0.176. The van der Waals surface area contributed by atoms with Crippen molar-refractivity contribution in [2.45, 2.75) is 24.7 Å². The van der Waals surface area contributed by atoms with E-state index in [2.05, 4.69) is 230 Å². The molecule has 336 valence electrons. The third-order valence-corrected chi connectivity index (χ3v) is 15.5. The number of fused-ring (bicyclic) bond motifs is 17. The molecule has 0 saturated carbocycles. The van der Waals surface area contributed by atoms with E-state index in [0.717, 1.165) is 78.3 Å². The Balaban J connectivity index is 1.05. The van der Waals surface area contributed by atoms with Crippen LogP contribution in [0.15, 0.2) is 223 Å². The van der Waals surface area contributed by atoms with Gasteiger partial charge in [-0.15, -0.1) is 0 Å². The van der Waals surface area contributed by atoms with Gasteiger partial charge in [0.1, 0.15) is 11.2 Å². The second-order valence-electron chi connectivity index (χ2n) is 19.6. The largest absolute Gasteiger partial charge is 0.455 e. The molecule has 1 spiro atoms. The van der Waals surface area contributed by atoms with Crippen LogP contribution >= 0.6 is 0 Å². The van der Waals surface area contributed by atoms with Crippen molar-refractivity contribution in [3.8, 4) is 34.1 Å². The minimum atomic E-state index is -0.814. The van der Waals surface area contributed by atoms with Crippen LogP contribution in [0.2, 0.25) is 0 Å². The molecule has 3 heterocycles. The van der Waals surface area contributed by atoms with Crippen molar-refractivity contribution in [3.05, 3.63) is 263 Å². The number of benzene rings is 10. The molecule has 0 bridgehead atoms. The summed E-state index contributed by atoms with van der Waals surface area (Å²) in [5.41, 5.74) is 18.7. The molecule has 0 saturated heterocycles. The highest BCUT2D eigenvalue weighted by atomic mass is 16.6. The summed E-state index contributed by atoms with van der Waals surface area (Å²) in [7, 11) is 0. The maximum Gasteiger partial charge on any atom is 0.170 e. The van der Waals surface area contributed by atoms with E-state index >= 15 is 0 Å². The number of nitrogens with zero attached hydrogens (tertiary/aromatic N) is 2. The second-order valence-corrected chi connectivity index (χ2v) is 19.6. The molecule has 0 amide bonds. The second kappa shape index (κ2) is 14.7. The topological polar surface area (TPSA) is 38.1 Å². The first-order chi connectivity index (χ1) is 35.0. The fourth-order valence-electron chi connectivity index (χ4n) is 12.4. The van der Waals surface area contributed by atoms with Crippen LogP contribution in [0.1, 0.15) is 58.4 Å². The fourth-order valence-corrected chi connectivity index (χ4v) is 12.4. The number of ether oxygens (including phenoxy) is 2. The molecule has 2 aliphatic carbocycles. The van der Waals surface area contributed by atoms with Crippen molar-refractivity contribution in [2.24, 2.45) is 0 Å². The third kappa shape index (κ3) is 5.51. The van der Waals surface area contributed by atoms with Crippen LogP contribution in [-0.4, -0.2) is 0 Å². The van der Waals surface area contributed by atoms with E-state index in [1.165, 1.54) is 33.4 Å². The Kier molecular flexibility index (Phi) is 8.27. The molecule has 15 rings (SSSR count). The number of anilines is 6. The smallest absolute Gasteiger partial charge is 0.170 e. The molecule has 0 N–H and O–H groups in total. The van der Waals surface area contributed by atoms with Crippen molar-refractivity contribution >= 4 is 68.2 Å². The zero-order valence-electron chi connectivity index (χ0n) is 39.1. The van der Waals surface area contributed by atoms with Crippen LogP contribution in [0.3, 0.4) is 0 Å². The van der Waals surface area contributed by atoms with Gasteiger partial charge in [-0.25, -0.2) is 0 Å². The van der Waals surface area contributed by atoms with Gasteiger partial charge in [-0.1, -0.05) is 159 Å². The number of hydrogen-bond acceptors (Lipinski definition) is 5. The maximum absolute atomic E-state index is 7.29. The average molecular weight is 913 g/mol. The molecule has 0 atom stereocenters. The summed E-state index contributed by atoms with van der Waals surface area (Å²) in [4.78, 5) is 4.89. The summed E-state index contributed by atoms with van der Waals surface area (Å²) >= 11 is 0. The predicted molar refractivity (Wildman–Crippen MR) is 288 cm³/mol. The van der Waals surface area contributed by atoms with Crippen molar-refractivity contribution in [1.82, 2.24) is 0 Å². The SMILES string of the molecule is CC1(C)c2ccccc2N(c2cc3c(c4oc5ccccc5c24)C=Cc2cc4c(cc2C32c3ccccc3-c3ccccc32)Oc2ccccc2O4)c2ccc(N(c3ccccc3)c3ccccc3)cc21. The van der Waals surface area contributed by atoms with Gasteiger partial charge in [0.2, 0.25) is 0 Å². The predicted octanol–water partition coefficient (Wildman–Crippen LogP) is 17.9. The van der Waals surface area contributed by atoms with E-state index in [0.29, 0.717) is 23.0 Å². The van der Waals surface area contributed by atoms with Gasteiger partial charge in [-0.05, 0) is 135 Å². The molecule has 4 aliphatic rings. The number of furan rings is 1. The highest BCUT2D eigenvalue weighted by Crippen LogP contribution is 2.63. The minimum absolute atomic E-state index is 0.368. The van der Waals surface area contributed by atoms with E-state index in [1.807, 2.05) is 24.3 Å². The van der Waals surface area contributed by atoms with Gasteiger partial charge in [0.25, 0.3) is 0 Å². The Bertz CT molecular complexity index is 3970. The van der Waals surface area contributed by atoms with Crippen LogP contribution in [0, 0.1) is 0 Å². The van der Waals surface area contributed by atoms with Crippen molar-refractivity contribution < 1.29 is 13.9 Å². The number of hydrogen-bond donors (Lipinski definition) is 0. The third-order valence-electron chi connectivity index (χ3n) is 15.5. The first-order valence-electron chi connectivity index (χ1n) is 24.4. The lowest BCUT2D eigenvalue weighted by molar-refractivity contribution is 0.358. The van der Waals surface area contributed by atoms with Crippen LogP contribution in [0.5, 0.6) is 23.0 Å². The Morgan fingerprint density at radius 3 is 1.69 bits per heavy atom. The summed E-state index contributed by atoms with van der Waals surface area (Å²) in [6.45, 7) is 4.74. The number of rotatable bonds is 4. The van der Waals surface area contributed by atoms with Crippen LogP contribution < -0.4 is 19.3 Å². The van der Waals surface area contributed by atoms with E-state index in [9.17, 15) is 0 Å². The molecule has 1 aromatic heterocycles. The molecule has 11 aromatic rings. The van der Waals surface area contributed by atoms with E-state index in [4.69, 9.17) is 13.9 Å². The highest BCUT2D eigenvalue weighted by molar-refractivity contribution is 6.17. The molecule has 0 fully saturated rings. The molecule has 71 heavy (non-hydrogen) atoms. The van der Waals surface area contributed by atoms with Crippen molar-refractivity contribution in [1.29, 1.82) is 0 Å². The first kappa shape index (κ1) is 39.9. The molecule has 0 unspecified atom stereocenters. The van der Waals surface area contributed by atoms with E-state index in [-0.39, 0.29) is 5.41 Å². The Morgan fingerprint density at radius 1 is 0.408 bits per heavy atom. The maximum atomic E-state index is 7.29. The van der Waals surface area contributed by atoms with Gasteiger partial charge >= 0.3 is 0 Å². The Labute approximate surface area is 411 Å². The van der Waals surface area contributed by atoms with Gasteiger partial charge in [0, 0.05) is 33.4 Å². The minimum Gasteiger partial charge on any atom is -0.455 e. The zero-order valence-corrected chi connectivity index (χ0v) is 39.1. The lowest BCUT2D eigenvalue weighted by Gasteiger charge is -2.43. The van der Waals surface area contributed by atoms with E-state index < -0.39 is 5.41 Å². The summed E-state index contributed by atoms with van der Waals surface area (Å²) in [5, 5.41) is 2.12. The zero-order chi connectivity index (χ0) is 47.0. The highest BCUT2D eigenvalue weighted by Gasteiger charge is 2.51. The summed E-state index contributed by atoms with van der Waals surface area (Å²) in [6.07, 6.45) is 4.53. The fraction of sp³-hybridized carbons (Fsp3) is 0.0606. The van der Waals surface area contributed by atoms with Crippen LogP contribution in [0.4, 0.5) is 34.1 Å². The monoisotopic (exact) mass is 912 g/mol. The van der Waals surface area contributed by atoms with Gasteiger partial charge in [-0.2, -0.15) is 0 Å². The molecule has 0 radical (unpaired) electrons. The van der Waals surface area contributed by atoms with Crippen molar-refractivity contribution in [3.63, 3.8) is 0 Å². The number of para-hydroxylation sites is 6. The Morgan fingerprint density at radius 2 is 0.986 bits per heavy atom. The van der Waals surface area contributed by atoms with Crippen LogP contribution in [-0.2, 0) is 10.8 Å². The lowest BCUT2D eigenvalue weighted by atomic mass is 9.65. The molecule has 10 aromatic carbocycles. The van der Waals surface area contributed by atoms with Gasteiger partial charge in [0.05, 0.1) is 27.9 Å². The summed E-state index contributed by atoms with van der Waals surface area (Å²) in [5.74, 6) is 2.76. The first-order valence-corrected chi connectivity index (χ1v) is 24.4. The summed E-state index contributed by atoms with van der Waals surface area (Å²) in [6, 6.07) is 78.6. The van der Waals surface area contributed by atoms with Gasteiger partial charge < -0.3 is 23.7 Å².